The van der Waals surface area contributed by atoms with E-state index in [1.165, 1.54) is 29.5 Å². The van der Waals surface area contributed by atoms with Gasteiger partial charge in [0.15, 0.2) is 11.6 Å². The maximum Gasteiger partial charge on any atom is 0.410 e. The van der Waals surface area contributed by atoms with Crippen LogP contribution in [0.15, 0.2) is 79.1 Å². The predicted molar refractivity (Wildman–Crippen MR) is 192 cm³/mol. The van der Waals surface area contributed by atoms with Gasteiger partial charge in [0, 0.05) is 49.1 Å². The number of carbonyl (C=O) groups is 2. The van der Waals surface area contributed by atoms with Crippen molar-refractivity contribution in [2.45, 2.75) is 65.5 Å². The van der Waals surface area contributed by atoms with Crippen molar-refractivity contribution in [1.29, 1.82) is 0 Å². The molecule has 0 aliphatic heterocycles. The zero-order valence-electron chi connectivity index (χ0n) is 27.8. The van der Waals surface area contributed by atoms with Crippen molar-refractivity contribution in [1.82, 2.24) is 14.9 Å². The van der Waals surface area contributed by atoms with Crippen LogP contribution in [0, 0.1) is 11.6 Å². The van der Waals surface area contributed by atoms with E-state index in [1.807, 2.05) is 45.9 Å². The monoisotopic (exact) mass is 701 g/mol. The molecular weight excluding hydrogens is 665 g/mol. The number of halogens is 2. The third-order valence-corrected chi connectivity index (χ3v) is 8.75. The second-order valence-electron chi connectivity index (χ2n) is 12.7. The Balaban J connectivity index is 1.23. The summed E-state index contributed by atoms with van der Waals surface area (Å²) in [5.74, 6) is -0.493. The smallest absolute Gasteiger partial charge is 0.410 e. The van der Waals surface area contributed by atoms with Gasteiger partial charge in [-0.25, -0.2) is 13.6 Å². The summed E-state index contributed by atoms with van der Waals surface area (Å²) in [6, 6.07) is 17.9. The van der Waals surface area contributed by atoms with E-state index >= 15 is 4.39 Å². The summed E-state index contributed by atoms with van der Waals surface area (Å²) in [4.78, 5) is 37.3. The molecule has 3 aromatic heterocycles. The van der Waals surface area contributed by atoms with Gasteiger partial charge in [-0.15, -0.1) is 11.3 Å². The van der Waals surface area contributed by atoms with Crippen LogP contribution in [0.1, 0.15) is 57.2 Å². The Kier molecular flexibility index (Phi) is 11.5. The number of hydrogen-bond acceptors (Lipinski definition) is 8. The molecule has 49 heavy (non-hydrogen) atoms. The zero-order valence-corrected chi connectivity index (χ0v) is 29.4. The standard InChI is InChI=1S/C38H37F2N3O4S2/c1-5-16-43(37(45)47-38(2,3)4)23-26-8-12-31(42-22-26)35-21-32-36(49-35)34(14-15-41-32)46-33-13-9-25(19-30(33)40)18-29(48)20-28(44)17-24-6-10-27(39)11-7-24/h6-15,19,21-22H,5,16-18,20,23H2,1-4H3. The Bertz CT molecular complexity index is 1960. The van der Waals surface area contributed by atoms with Gasteiger partial charge in [0.05, 0.1) is 27.3 Å². The number of ether oxygens (including phenoxy) is 2. The molecule has 5 aromatic rings. The lowest BCUT2D eigenvalue weighted by atomic mass is 10.0. The van der Waals surface area contributed by atoms with E-state index < -0.39 is 11.4 Å². The first-order chi connectivity index (χ1) is 23.4. The molecule has 0 atom stereocenters. The molecule has 1 amide bonds. The maximum atomic E-state index is 15.2. The van der Waals surface area contributed by atoms with Crippen molar-refractivity contribution >= 4 is 50.5 Å². The molecule has 0 radical (unpaired) electrons. The average molecular weight is 702 g/mol. The van der Waals surface area contributed by atoms with E-state index in [1.54, 1.807) is 47.6 Å². The summed E-state index contributed by atoms with van der Waals surface area (Å²) in [6.07, 6.45) is 4.29. The first-order valence-corrected chi connectivity index (χ1v) is 17.1. The molecule has 7 nitrogen and oxygen atoms in total. The average Bonchev–Trinajstić information content (AvgIpc) is 3.48. The van der Waals surface area contributed by atoms with Crippen molar-refractivity contribution < 1.29 is 27.8 Å². The third kappa shape index (κ3) is 9.96. The van der Waals surface area contributed by atoms with Crippen molar-refractivity contribution in [2.24, 2.45) is 0 Å². The highest BCUT2D eigenvalue weighted by Gasteiger charge is 2.22. The summed E-state index contributed by atoms with van der Waals surface area (Å²) >= 11 is 6.86. The highest BCUT2D eigenvalue weighted by molar-refractivity contribution is 7.80. The number of ketones is 1. The quantitative estimate of drug-likeness (QED) is 0.113. The lowest BCUT2D eigenvalue weighted by Gasteiger charge is -2.27. The molecule has 0 spiro atoms. The summed E-state index contributed by atoms with van der Waals surface area (Å²) in [5.41, 5.74) is 3.06. The summed E-state index contributed by atoms with van der Waals surface area (Å²) in [6.45, 7) is 8.50. The molecule has 2 aromatic carbocycles. The zero-order chi connectivity index (χ0) is 35.1. The molecule has 0 fully saturated rings. The second kappa shape index (κ2) is 15.7. The third-order valence-electron chi connectivity index (χ3n) is 7.30. The number of pyridine rings is 2. The molecule has 254 valence electrons. The number of rotatable bonds is 13. The SMILES string of the molecule is CCCN(Cc1ccc(-c2cc3nccc(Oc4ccc(CC(=S)CC(=O)Cc5ccc(F)cc5)cc4F)c3s2)nc1)C(=O)OC(C)(C)C. The number of thiophene rings is 1. The number of thiocarbonyl (C=S) groups is 1. The second-order valence-corrected chi connectivity index (χ2v) is 14.3. The minimum absolute atomic E-state index is 0.0496. The topological polar surface area (TPSA) is 81.6 Å². The van der Waals surface area contributed by atoms with Crippen molar-refractivity contribution in [3.05, 3.63) is 107 Å². The fraction of sp³-hybridized carbons (Fsp3) is 0.289. The van der Waals surface area contributed by atoms with Crippen LogP contribution in [0.5, 0.6) is 11.5 Å². The van der Waals surface area contributed by atoms with Gasteiger partial charge < -0.3 is 14.4 Å². The Morgan fingerprint density at radius 1 is 0.898 bits per heavy atom. The molecule has 0 unspecified atom stereocenters. The molecule has 3 heterocycles. The molecule has 0 aliphatic carbocycles. The van der Waals surface area contributed by atoms with Crippen LogP contribution in [0.3, 0.4) is 0 Å². The number of Topliss-reactive ketones (excluding diaryl/α,β-unsaturated/α-hetero) is 1. The van der Waals surface area contributed by atoms with E-state index in [0.29, 0.717) is 40.3 Å². The van der Waals surface area contributed by atoms with Gasteiger partial charge in [0.25, 0.3) is 0 Å². The van der Waals surface area contributed by atoms with E-state index in [4.69, 9.17) is 21.7 Å². The molecular formula is C38H37F2N3O4S2. The van der Waals surface area contributed by atoms with Crippen LogP contribution in [-0.4, -0.2) is 43.8 Å². The maximum absolute atomic E-state index is 15.2. The van der Waals surface area contributed by atoms with E-state index in [2.05, 4.69) is 9.97 Å². The van der Waals surface area contributed by atoms with Crippen LogP contribution in [-0.2, 0) is 28.9 Å². The van der Waals surface area contributed by atoms with Gasteiger partial charge in [-0.2, -0.15) is 0 Å². The Labute approximate surface area is 293 Å². The van der Waals surface area contributed by atoms with E-state index in [0.717, 1.165) is 27.3 Å². The summed E-state index contributed by atoms with van der Waals surface area (Å²) in [7, 11) is 0. The van der Waals surface area contributed by atoms with Crippen LogP contribution < -0.4 is 4.74 Å². The minimum atomic E-state index is -0.580. The minimum Gasteiger partial charge on any atom is -0.453 e. The van der Waals surface area contributed by atoms with Gasteiger partial charge in [-0.3, -0.25) is 14.8 Å². The normalized spacial score (nSPS) is 11.4. The summed E-state index contributed by atoms with van der Waals surface area (Å²) < 4.78 is 40.7. The molecule has 0 aliphatic rings. The first kappa shape index (κ1) is 35.7. The van der Waals surface area contributed by atoms with Gasteiger partial charge in [0.1, 0.15) is 23.0 Å². The van der Waals surface area contributed by atoms with Crippen LogP contribution >= 0.6 is 23.6 Å². The molecule has 0 bridgehead atoms. The van der Waals surface area contributed by atoms with E-state index in [-0.39, 0.29) is 42.7 Å². The molecule has 0 saturated carbocycles. The number of aromatic nitrogens is 2. The van der Waals surface area contributed by atoms with Crippen LogP contribution in [0.4, 0.5) is 13.6 Å². The molecule has 0 saturated heterocycles. The summed E-state index contributed by atoms with van der Waals surface area (Å²) in [5, 5.41) is 0. The predicted octanol–water partition coefficient (Wildman–Crippen LogP) is 9.69. The highest BCUT2D eigenvalue weighted by Crippen LogP contribution is 2.39. The number of hydrogen-bond donors (Lipinski definition) is 0. The number of amides is 1. The lowest BCUT2D eigenvalue weighted by Crippen LogP contribution is -2.36. The van der Waals surface area contributed by atoms with Crippen LogP contribution in [0.2, 0.25) is 0 Å². The van der Waals surface area contributed by atoms with Gasteiger partial charge in [0.2, 0.25) is 0 Å². The molecule has 5 rings (SSSR count). The number of fused-ring (bicyclic) bond motifs is 1. The number of nitrogens with zero attached hydrogens (tertiary/aromatic N) is 3. The molecule has 11 heteroatoms. The fourth-order valence-electron chi connectivity index (χ4n) is 5.09. The largest absolute Gasteiger partial charge is 0.453 e. The highest BCUT2D eigenvalue weighted by atomic mass is 32.1. The number of carbonyl (C=O) groups excluding carboxylic acids is 2. The molecule has 0 N–H and O–H groups in total. The van der Waals surface area contributed by atoms with Gasteiger partial charge >= 0.3 is 6.09 Å². The van der Waals surface area contributed by atoms with E-state index in [9.17, 15) is 14.0 Å². The fourth-order valence-corrected chi connectivity index (χ4v) is 6.46. The van der Waals surface area contributed by atoms with Crippen molar-refractivity contribution in [3.8, 4) is 22.1 Å². The van der Waals surface area contributed by atoms with Crippen molar-refractivity contribution in [2.75, 3.05) is 6.54 Å². The Hall–Kier alpha value is -4.61. The Morgan fingerprint density at radius 3 is 2.31 bits per heavy atom. The van der Waals surface area contributed by atoms with Crippen molar-refractivity contribution in [3.63, 3.8) is 0 Å². The van der Waals surface area contributed by atoms with Gasteiger partial charge in [-0.1, -0.05) is 43.4 Å². The first-order valence-electron chi connectivity index (χ1n) is 15.9. The Morgan fingerprint density at radius 2 is 1.63 bits per heavy atom. The van der Waals surface area contributed by atoms with Gasteiger partial charge in [-0.05, 0) is 80.3 Å². The lowest BCUT2D eigenvalue weighted by molar-refractivity contribution is -0.117. The number of benzene rings is 2. The van der Waals surface area contributed by atoms with Crippen LogP contribution in [0.25, 0.3) is 20.8 Å².